The number of ether oxygens (including phenoxy) is 1. The standard InChI is InChI=1S/C22H18N2O4/c1-14-4-2-3-5-19(14)27-13-21(26)23-16-8-6-15(7-9-16)22-24-18-12-17(25)10-11-20(18)28-22/h2-12,25H,13H2,1H3,(H,23,26). The number of nitrogens with zero attached hydrogens (tertiary/aromatic N) is 1. The number of anilines is 1. The van der Waals surface area contributed by atoms with Crippen LogP contribution in [0.5, 0.6) is 11.5 Å². The molecule has 6 heteroatoms. The molecular weight excluding hydrogens is 356 g/mol. The van der Waals surface area contributed by atoms with Gasteiger partial charge < -0.3 is 19.6 Å². The molecule has 0 aliphatic carbocycles. The fourth-order valence-corrected chi connectivity index (χ4v) is 2.79. The van der Waals surface area contributed by atoms with Crippen LogP contribution < -0.4 is 10.1 Å². The molecule has 0 saturated carbocycles. The minimum atomic E-state index is -0.242. The van der Waals surface area contributed by atoms with Crippen LogP contribution in [-0.2, 0) is 4.79 Å². The molecule has 28 heavy (non-hydrogen) atoms. The molecule has 4 rings (SSSR count). The molecule has 0 atom stereocenters. The molecule has 2 N–H and O–H groups in total. The topological polar surface area (TPSA) is 84.6 Å². The minimum Gasteiger partial charge on any atom is -0.508 e. The molecule has 0 saturated heterocycles. The van der Waals surface area contributed by atoms with Crippen molar-refractivity contribution < 1.29 is 19.1 Å². The highest BCUT2D eigenvalue weighted by Crippen LogP contribution is 2.27. The third kappa shape index (κ3) is 3.81. The molecule has 0 aliphatic heterocycles. The molecule has 1 heterocycles. The lowest BCUT2D eigenvalue weighted by atomic mass is 10.2. The van der Waals surface area contributed by atoms with E-state index < -0.39 is 0 Å². The summed E-state index contributed by atoms with van der Waals surface area (Å²) in [6.45, 7) is 1.86. The number of aromatic nitrogens is 1. The third-order valence-corrected chi connectivity index (χ3v) is 4.24. The van der Waals surface area contributed by atoms with Gasteiger partial charge in [-0.3, -0.25) is 4.79 Å². The Bertz CT molecular complexity index is 1130. The molecule has 3 aromatic carbocycles. The Kier molecular flexibility index (Phi) is 4.68. The van der Waals surface area contributed by atoms with E-state index in [2.05, 4.69) is 10.3 Å². The number of hydrogen-bond acceptors (Lipinski definition) is 5. The van der Waals surface area contributed by atoms with Gasteiger partial charge in [-0.15, -0.1) is 0 Å². The molecule has 0 unspecified atom stereocenters. The third-order valence-electron chi connectivity index (χ3n) is 4.24. The first-order chi connectivity index (χ1) is 13.6. The zero-order valence-corrected chi connectivity index (χ0v) is 15.2. The van der Waals surface area contributed by atoms with Crippen molar-refractivity contribution in [2.24, 2.45) is 0 Å². The Morgan fingerprint density at radius 1 is 1.11 bits per heavy atom. The molecule has 1 amide bonds. The van der Waals surface area contributed by atoms with Gasteiger partial charge in [-0.2, -0.15) is 0 Å². The van der Waals surface area contributed by atoms with E-state index in [0.717, 1.165) is 11.1 Å². The van der Waals surface area contributed by atoms with E-state index in [-0.39, 0.29) is 18.3 Å². The molecule has 1 aromatic heterocycles. The van der Waals surface area contributed by atoms with Crippen molar-refractivity contribution in [2.75, 3.05) is 11.9 Å². The Balaban J connectivity index is 1.41. The zero-order valence-electron chi connectivity index (χ0n) is 15.2. The summed E-state index contributed by atoms with van der Waals surface area (Å²) >= 11 is 0. The number of phenolic OH excluding ortho intramolecular Hbond substituents is 1. The van der Waals surface area contributed by atoms with E-state index in [9.17, 15) is 9.90 Å². The molecule has 0 bridgehead atoms. The maximum absolute atomic E-state index is 12.1. The SMILES string of the molecule is Cc1ccccc1OCC(=O)Nc1ccc(-c2nc3cc(O)ccc3o2)cc1. The van der Waals surface area contributed by atoms with Gasteiger partial charge in [-0.25, -0.2) is 4.98 Å². The summed E-state index contributed by atoms with van der Waals surface area (Å²) < 4.78 is 11.2. The highest BCUT2D eigenvalue weighted by Gasteiger charge is 2.10. The van der Waals surface area contributed by atoms with Crippen molar-refractivity contribution in [1.82, 2.24) is 4.98 Å². The number of carbonyl (C=O) groups excluding carboxylic acids is 1. The van der Waals surface area contributed by atoms with Crippen molar-refractivity contribution in [1.29, 1.82) is 0 Å². The van der Waals surface area contributed by atoms with Gasteiger partial charge in [0.1, 0.15) is 17.0 Å². The predicted octanol–water partition coefficient (Wildman–Crippen LogP) is 4.53. The van der Waals surface area contributed by atoms with Crippen LogP contribution in [0.4, 0.5) is 5.69 Å². The summed E-state index contributed by atoms with van der Waals surface area (Å²) in [6.07, 6.45) is 0. The maximum Gasteiger partial charge on any atom is 0.262 e. The van der Waals surface area contributed by atoms with Crippen molar-refractivity contribution in [3.8, 4) is 23.0 Å². The average Bonchev–Trinajstić information content (AvgIpc) is 3.11. The summed E-state index contributed by atoms with van der Waals surface area (Å²) in [5, 5.41) is 12.3. The molecule has 140 valence electrons. The number of nitrogens with one attached hydrogen (secondary N) is 1. The van der Waals surface area contributed by atoms with Gasteiger partial charge >= 0.3 is 0 Å². The smallest absolute Gasteiger partial charge is 0.262 e. The van der Waals surface area contributed by atoms with Gasteiger partial charge in [0.15, 0.2) is 12.2 Å². The second kappa shape index (κ2) is 7.44. The lowest BCUT2D eigenvalue weighted by Crippen LogP contribution is -2.20. The van der Waals surface area contributed by atoms with E-state index in [0.29, 0.717) is 28.4 Å². The fourth-order valence-electron chi connectivity index (χ4n) is 2.79. The number of oxazole rings is 1. The lowest BCUT2D eigenvalue weighted by molar-refractivity contribution is -0.118. The van der Waals surface area contributed by atoms with Crippen LogP contribution in [0.15, 0.2) is 71.1 Å². The summed E-state index contributed by atoms with van der Waals surface area (Å²) in [7, 11) is 0. The Morgan fingerprint density at radius 3 is 2.68 bits per heavy atom. The Labute approximate surface area is 161 Å². The summed E-state index contributed by atoms with van der Waals surface area (Å²) in [6, 6.07) is 19.5. The maximum atomic E-state index is 12.1. The van der Waals surface area contributed by atoms with Crippen LogP contribution in [0.3, 0.4) is 0 Å². The number of fused-ring (bicyclic) bond motifs is 1. The molecule has 0 spiro atoms. The lowest BCUT2D eigenvalue weighted by Gasteiger charge is -2.09. The first-order valence-electron chi connectivity index (χ1n) is 8.77. The second-order valence-corrected chi connectivity index (χ2v) is 6.35. The van der Waals surface area contributed by atoms with Gasteiger partial charge in [0.2, 0.25) is 5.89 Å². The second-order valence-electron chi connectivity index (χ2n) is 6.35. The van der Waals surface area contributed by atoms with E-state index in [1.807, 2.05) is 43.3 Å². The minimum absolute atomic E-state index is 0.0682. The van der Waals surface area contributed by atoms with E-state index in [4.69, 9.17) is 9.15 Å². The number of phenols is 1. The van der Waals surface area contributed by atoms with E-state index in [1.165, 1.54) is 0 Å². The first-order valence-corrected chi connectivity index (χ1v) is 8.77. The molecule has 6 nitrogen and oxygen atoms in total. The quantitative estimate of drug-likeness (QED) is 0.536. The number of para-hydroxylation sites is 1. The number of aryl methyl sites for hydroxylation is 1. The number of benzene rings is 3. The zero-order chi connectivity index (χ0) is 19.5. The normalized spacial score (nSPS) is 10.8. The van der Waals surface area contributed by atoms with Crippen LogP contribution >= 0.6 is 0 Å². The monoisotopic (exact) mass is 374 g/mol. The van der Waals surface area contributed by atoms with Crippen LogP contribution in [0.2, 0.25) is 0 Å². The largest absolute Gasteiger partial charge is 0.508 e. The van der Waals surface area contributed by atoms with Crippen molar-refractivity contribution in [3.63, 3.8) is 0 Å². The van der Waals surface area contributed by atoms with Gasteiger partial charge in [0, 0.05) is 17.3 Å². The number of amides is 1. The van der Waals surface area contributed by atoms with Gasteiger partial charge in [0.25, 0.3) is 5.91 Å². The summed E-state index contributed by atoms with van der Waals surface area (Å²) in [5.41, 5.74) is 3.58. The van der Waals surface area contributed by atoms with Crippen LogP contribution in [-0.4, -0.2) is 22.6 Å². The number of rotatable bonds is 5. The summed E-state index contributed by atoms with van der Waals surface area (Å²) in [5.74, 6) is 1.03. The molecule has 0 fully saturated rings. The molecule has 0 radical (unpaired) electrons. The van der Waals surface area contributed by atoms with Gasteiger partial charge in [-0.05, 0) is 55.0 Å². The fraction of sp³-hybridized carbons (Fsp3) is 0.0909. The van der Waals surface area contributed by atoms with Crippen LogP contribution in [0.25, 0.3) is 22.6 Å². The Morgan fingerprint density at radius 2 is 1.89 bits per heavy atom. The van der Waals surface area contributed by atoms with Gasteiger partial charge in [0.05, 0.1) is 0 Å². The number of carbonyl (C=O) groups is 1. The number of hydrogen-bond donors (Lipinski definition) is 2. The Hall–Kier alpha value is -3.80. The van der Waals surface area contributed by atoms with Crippen molar-refractivity contribution >= 4 is 22.7 Å². The molecule has 0 aliphatic rings. The highest BCUT2D eigenvalue weighted by molar-refractivity contribution is 5.92. The average molecular weight is 374 g/mol. The van der Waals surface area contributed by atoms with Crippen LogP contribution in [0.1, 0.15) is 5.56 Å². The van der Waals surface area contributed by atoms with Crippen LogP contribution in [0, 0.1) is 6.92 Å². The van der Waals surface area contributed by atoms with Crippen molar-refractivity contribution in [2.45, 2.75) is 6.92 Å². The summed E-state index contributed by atoms with van der Waals surface area (Å²) in [4.78, 5) is 16.5. The molecular formula is C22H18N2O4. The highest BCUT2D eigenvalue weighted by atomic mass is 16.5. The van der Waals surface area contributed by atoms with Crippen molar-refractivity contribution in [3.05, 3.63) is 72.3 Å². The number of aromatic hydroxyl groups is 1. The van der Waals surface area contributed by atoms with Gasteiger partial charge in [-0.1, -0.05) is 18.2 Å². The molecule has 4 aromatic rings. The van der Waals surface area contributed by atoms with E-state index in [1.54, 1.807) is 30.3 Å². The van der Waals surface area contributed by atoms with E-state index >= 15 is 0 Å². The predicted molar refractivity (Wildman–Crippen MR) is 106 cm³/mol. The first kappa shape index (κ1) is 17.6.